The number of rotatable bonds is 6. The van der Waals surface area contributed by atoms with Crippen LogP contribution in [-0.4, -0.2) is 33.1 Å². The molecule has 0 atom stereocenters. The molecule has 0 N–H and O–H groups in total. The molecule has 1 aliphatic heterocycles. The molecule has 3 aromatic carbocycles. The number of hydrogen-bond acceptors (Lipinski definition) is 5. The Labute approximate surface area is 194 Å². The highest BCUT2D eigenvalue weighted by Gasteiger charge is 2.34. The zero-order chi connectivity index (χ0) is 22.7. The molecule has 4 rings (SSSR count). The van der Waals surface area contributed by atoms with Crippen molar-refractivity contribution in [3.05, 3.63) is 88.0 Å². The number of anilines is 1. The van der Waals surface area contributed by atoms with Gasteiger partial charge in [0.1, 0.15) is 11.4 Å². The van der Waals surface area contributed by atoms with Crippen molar-refractivity contribution in [3.63, 3.8) is 0 Å². The Kier molecular flexibility index (Phi) is 6.28. The molecule has 0 aliphatic carbocycles. The van der Waals surface area contributed by atoms with E-state index in [9.17, 15) is 4.79 Å². The number of amidine groups is 1. The number of methoxy groups -OCH3 is 3. The van der Waals surface area contributed by atoms with E-state index in [1.54, 1.807) is 44.4 Å². The maximum absolute atomic E-state index is 13.5. The maximum atomic E-state index is 13.5. The monoisotopic (exact) mass is 492 g/mol. The first kappa shape index (κ1) is 21.6. The van der Waals surface area contributed by atoms with Crippen molar-refractivity contribution < 1.29 is 19.0 Å². The van der Waals surface area contributed by atoms with Crippen molar-refractivity contribution in [2.45, 2.75) is 0 Å². The largest absolute Gasteiger partial charge is 0.496 e. The van der Waals surface area contributed by atoms with E-state index in [1.807, 2.05) is 54.6 Å². The fourth-order valence-electron chi connectivity index (χ4n) is 3.48. The summed E-state index contributed by atoms with van der Waals surface area (Å²) in [5.41, 5.74) is 2.49. The highest BCUT2D eigenvalue weighted by molar-refractivity contribution is 9.10. The Morgan fingerprint density at radius 1 is 0.844 bits per heavy atom. The van der Waals surface area contributed by atoms with E-state index in [-0.39, 0.29) is 5.91 Å². The third-order valence-corrected chi connectivity index (χ3v) is 5.48. The second-order valence-electron chi connectivity index (χ2n) is 6.90. The number of carbonyl (C=O) groups excluding carboxylic acids is 1. The molecule has 0 saturated carbocycles. The summed E-state index contributed by atoms with van der Waals surface area (Å²) in [5.74, 6) is 2.08. The molecule has 0 radical (unpaired) electrons. The number of ether oxygens (including phenoxy) is 3. The van der Waals surface area contributed by atoms with Crippen molar-refractivity contribution >= 4 is 39.4 Å². The van der Waals surface area contributed by atoms with Crippen molar-refractivity contribution in [1.82, 2.24) is 0 Å². The van der Waals surface area contributed by atoms with Crippen LogP contribution < -0.4 is 19.1 Å². The molecule has 0 bridgehead atoms. The van der Waals surface area contributed by atoms with Crippen LogP contribution in [0, 0.1) is 0 Å². The van der Waals surface area contributed by atoms with E-state index in [1.165, 1.54) is 0 Å². The van der Waals surface area contributed by atoms with Gasteiger partial charge in [0.05, 0.1) is 32.6 Å². The van der Waals surface area contributed by atoms with Gasteiger partial charge in [0.25, 0.3) is 5.91 Å². The molecule has 6 nitrogen and oxygen atoms in total. The normalized spacial score (nSPS) is 14.5. The zero-order valence-electron chi connectivity index (χ0n) is 17.8. The van der Waals surface area contributed by atoms with E-state index >= 15 is 0 Å². The van der Waals surface area contributed by atoms with Crippen molar-refractivity contribution in [1.29, 1.82) is 0 Å². The van der Waals surface area contributed by atoms with Gasteiger partial charge in [-0.25, -0.2) is 4.99 Å². The molecule has 0 saturated heterocycles. The van der Waals surface area contributed by atoms with E-state index < -0.39 is 0 Å². The number of nitrogens with zero attached hydrogens (tertiary/aromatic N) is 2. The number of amides is 1. The van der Waals surface area contributed by atoms with Crippen LogP contribution in [0.4, 0.5) is 5.69 Å². The summed E-state index contributed by atoms with van der Waals surface area (Å²) in [6.45, 7) is 0. The average Bonchev–Trinajstić information content (AvgIpc) is 3.14. The van der Waals surface area contributed by atoms with Crippen LogP contribution in [0.1, 0.15) is 11.1 Å². The van der Waals surface area contributed by atoms with Gasteiger partial charge in [-0.1, -0.05) is 40.2 Å². The zero-order valence-corrected chi connectivity index (χ0v) is 19.4. The lowest BCUT2D eigenvalue weighted by Gasteiger charge is -2.20. The smallest absolute Gasteiger partial charge is 0.282 e. The van der Waals surface area contributed by atoms with Crippen LogP contribution in [0.5, 0.6) is 17.2 Å². The summed E-state index contributed by atoms with van der Waals surface area (Å²) in [6, 6.07) is 20.5. The lowest BCUT2D eigenvalue weighted by Crippen LogP contribution is -2.32. The molecule has 7 heteroatoms. The molecule has 0 unspecified atom stereocenters. The highest BCUT2D eigenvalue weighted by Crippen LogP contribution is 2.33. The van der Waals surface area contributed by atoms with Crippen LogP contribution in [0.2, 0.25) is 0 Å². The number of benzene rings is 3. The van der Waals surface area contributed by atoms with Gasteiger partial charge < -0.3 is 14.2 Å². The lowest BCUT2D eigenvalue weighted by molar-refractivity contribution is -0.113. The SMILES string of the molecule is COc1ccc(C=C2N=C(c3ccccc3OC)N(c3cccc(Br)c3)C2=O)cc1OC. The Balaban J connectivity index is 1.85. The van der Waals surface area contributed by atoms with Crippen LogP contribution in [0.25, 0.3) is 6.08 Å². The summed E-state index contributed by atoms with van der Waals surface area (Å²) in [4.78, 5) is 19.8. The molecule has 1 heterocycles. The van der Waals surface area contributed by atoms with Gasteiger partial charge in [0.2, 0.25) is 0 Å². The second-order valence-corrected chi connectivity index (χ2v) is 7.82. The molecule has 32 heavy (non-hydrogen) atoms. The maximum Gasteiger partial charge on any atom is 0.282 e. The first-order valence-corrected chi connectivity index (χ1v) is 10.6. The number of para-hydroxylation sites is 1. The summed E-state index contributed by atoms with van der Waals surface area (Å²) in [7, 11) is 4.75. The molecule has 3 aromatic rings. The quantitative estimate of drug-likeness (QED) is 0.437. The molecular weight excluding hydrogens is 472 g/mol. The minimum atomic E-state index is -0.237. The van der Waals surface area contributed by atoms with Crippen molar-refractivity contribution in [3.8, 4) is 17.2 Å². The summed E-state index contributed by atoms with van der Waals surface area (Å²) in [5, 5.41) is 0. The van der Waals surface area contributed by atoms with Gasteiger partial charge in [-0.15, -0.1) is 0 Å². The number of aliphatic imine (C=N–C) groups is 1. The van der Waals surface area contributed by atoms with Crippen LogP contribution >= 0.6 is 15.9 Å². The number of hydrogen-bond donors (Lipinski definition) is 0. The molecule has 162 valence electrons. The first-order valence-electron chi connectivity index (χ1n) is 9.81. The standard InChI is InChI=1S/C25H21BrN2O4/c1-30-21-10-5-4-9-19(21)24-27-20(13-16-11-12-22(31-2)23(14-16)32-3)25(29)28(24)18-8-6-7-17(26)15-18/h4-15H,1-3H3. The molecule has 0 spiro atoms. The Morgan fingerprint density at radius 3 is 2.31 bits per heavy atom. The van der Waals surface area contributed by atoms with E-state index in [0.29, 0.717) is 34.5 Å². The van der Waals surface area contributed by atoms with Gasteiger partial charge in [0.15, 0.2) is 17.3 Å². The Bertz CT molecular complexity index is 1240. The van der Waals surface area contributed by atoms with Crippen LogP contribution in [0.3, 0.4) is 0 Å². The highest BCUT2D eigenvalue weighted by atomic mass is 79.9. The van der Waals surface area contributed by atoms with Crippen LogP contribution in [-0.2, 0) is 4.79 Å². The minimum absolute atomic E-state index is 0.237. The second kappa shape index (κ2) is 9.28. The number of carbonyl (C=O) groups is 1. The molecular formula is C25H21BrN2O4. The Morgan fingerprint density at radius 2 is 1.59 bits per heavy atom. The van der Waals surface area contributed by atoms with Gasteiger partial charge >= 0.3 is 0 Å². The third-order valence-electron chi connectivity index (χ3n) is 4.99. The molecule has 0 fully saturated rings. The number of halogens is 1. The van der Waals surface area contributed by atoms with Gasteiger partial charge in [-0.05, 0) is 54.1 Å². The topological polar surface area (TPSA) is 60.4 Å². The van der Waals surface area contributed by atoms with E-state index in [0.717, 1.165) is 15.6 Å². The predicted octanol–water partition coefficient (Wildman–Crippen LogP) is 5.31. The summed E-state index contributed by atoms with van der Waals surface area (Å²) < 4.78 is 17.1. The van der Waals surface area contributed by atoms with Crippen molar-refractivity contribution in [2.24, 2.45) is 4.99 Å². The minimum Gasteiger partial charge on any atom is -0.496 e. The van der Waals surface area contributed by atoms with Gasteiger partial charge in [-0.3, -0.25) is 9.69 Å². The molecule has 1 amide bonds. The lowest BCUT2D eigenvalue weighted by atomic mass is 10.1. The molecule has 1 aliphatic rings. The fourth-order valence-corrected chi connectivity index (χ4v) is 3.87. The van der Waals surface area contributed by atoms with E-state index in [4.69, 9.17) is 19.2 Å². The summed E-state index contributed by atoms with van der Waals surface area (Å²) >= 11 is 3.49. The third kappa shape index (κ3) is 4.11. The van der Waals surface area contributed by atoms with E-state index in [2.05, 4.69) is 15.9 Å². The summed E-state index contributed by atoms with van der Waals surface area (Å²) in [6.07, 6.45) is 1.73. The van der Waals surface area contributed by atoms with Crippen LogP contribution in [0.15, 0.2) is 81.9 Å². The fraction of sp³-hybridized carbons (Fsp3) is 0.120. The van der Waals surface area contributed by atoms with Gasteiger partial charge in [0, 0.05) is 4.47 Å². The average molecular weight is 493 g/mol. The van der Waals surface area contributed by atoms with Crippen molar-refractivity contribution in [2.75, 3.05) is 26.2 Å². The first-order chi connectivity index (χ1) is 15.5. The Hall–Kier alpha value is -3.58. The predicted molar refractivity (Wildman–Crippen MR) is 129 cm³/mol. The van der Waals surface area contributed by atoms with Gasteiger partial charge in [-0.2, -0.15) is 0 Å². The molecule has 0 aromatic heterocycles.